The third-order valence-electron chi connectivity index (χ3n) is 3.26. The van der Waals surface area contributed by atoms with Gasteiger partial charge in [-0.1, -0.05) is 31.2 Å². The van der Waals surface area contributed by atoms with E-state index in [2.05, 4.69) is 12.6 Å². The highest BCUT2D eigenvalue weighted by Gasteiger charge is 2.30. The third kappa shape index (κ3) is 2.12. The fraction of sp³-hybridized carbons (Fsp3) is 0.429. The van der Waals surface area contributed by atoms with Crippen LogP contribution in [0.3, 0.4) is 0 Å². The summed E-state index contributed by atoms with van der Waals surface area (Å²) < 4.78 is 5.85. The van der Waals surface area contributed by atoms with Crippen LogP contribution in [0, 0.1) is 5.41 Å². The van der Waals surface area contributed by atoms with Crippen LogP contribution in [-0.2, 0) is 6.42 Å². The Morgan fingerprint density at radius 1 is 1.56 bits per heavy atom. The van der Waals surface area contributed by atoms with Gasteiger partial charge in [-0.2, -0.15) is 0 Å². The number of ether oxygens (including phenoxy) is 1. The van der Waals surface area contributed by atoms with Gasteiger partial charge in [0.25, 0.3) is 0 Å². The van der Waals surface area contributed by atoms with Gasteiger partial charge in [0.1, 0.15) is 11.9 Å². The Hall–Kier alpha value is -1.28. The van der Waals surface area contributed by atoms with Gasteiger partial charge in [0, 0.05) is 11.8 Å². The van der Waals surface area contributed by atoms with E-state index in [1.807, 2.05) is 31.2 Å². The summed E-state index contributed by atoms with van der Waals surface area (Å²) in [7, 11) is 0. The molecular formula is C14H18O2. The highest BCUT2D eigenvalue weighted by Crippen LogP contribution is 2.34. The monoisotopic (exact) mass is 218 g/mol. The number of benzene rings is 1. The van der Waals surface area contributed by atoms with Gasteiger partial charge in [0.05, 0.1) is 6.61 Å². The van der Waals surface area contributed by atoms with E-state index in [1.165, 1.54) is 5.56 Å². The summed E-state index contributed by atoms with van der Waals surface area (Å²) in [5, 5.41) is 9.34. The van der Waals surface area contributed by atoms with Gasteiger partial charge < -0.3 is 9.84 Å². The lowest BCUT2D eigenvalue weighted by Gasteiger charge is -2.26. The lowest BCUT2D eigenvalue weighted by Crippen LogP contribution is -2.27. The second kappa shape index (κ2) is 4.30. The molecular weight excluding hydrogens is 200 g/mol. The zero-order valence-corrected chi connectivity index (χ0v) is 9.65. The van der Waals surface area contributed by atoms with Gasteiger partial charge in [-0.15, -0.1) is 6.58 Å². The quantitative estimate of drug-likeness (QED) is 0.787. The molecule has 1 N–H and O–H groups in total. The van der Waals surface area contributed by atoms with Crippen molar-refractivity contribution in [2.45, 2.75) is 25.9 Å². The Morgan fingerprint density at radius 2 is 2.31 bits per heavy atom. The molecule has 0 fully saturated rings. The molecule has 16 heavy (non-hydrogen) atoms. The van der Waals surface area contributed by atoms with Gasteiger partial charge in [0.15, 0.2) is 0 Å². The standard InChI is InChI=1S/C14H18O2/c1-3-14(2,10-15)9-12-8-11-6-4-5-7-13(11)16-12/h3-7,12,15H,1,8-10H2,2H3. The van der Waals surface area contributed by atoms with Gasteiger partial charge in [-0.25, -0.2) is 0 Å². The van der Waals surface area contributed by atoms with Gasteiger partial charge in [-0.05, 0) is 18.1 Å². The first kappa shape index (κ1) is 11.2. The van der Waals surface area contributed by atoms with Crippen LogP contribution in [0.1, 0.15) is 18.9 Å². The van der Waals surface area contributed by atoms with E-state index in [1.54, 1.807) is 0 Å². The molecule has 2 atom stereocenters. The van der Waals surface area contributed by atoms with Crippen LogP contribution in [0.4, 0.5) is 0 Å². The molecule has 0 spiro atoms. The first-order valence-corrected chi connectivity index (χ1v) is 5.66. The molecule has 0 saturated carbocycles. The molecule has 1 aliphatic rings. The molecule has 0 aromatic heterocycles. The molecule has 1 heterocycles. The molecule has 0 saturated heterocycles. The minimum Gasteiger partial charge on any atom is -0.490 e. The Bertz CT molecular complexity index is 361. The van der Waals surface area contributed by atoms with E-state index in [4.69, 9.17) is 4.74 Å². The van der Waals surface area contributed by atoms with E-state index in [9.17, 15) is 5.11 Å². The first-order valence-electron chi connectivity index (χ1n) is 5.66. The van der Waals surface area contributed by atoms with E-state index in [0.717, 1.165) is 18.6 Å². The van der Waals surface area contributed by atoms with E-state index in [0.29, 0.717) is 0 Å². The summed E-state index contributed by atoms with van der Waals surface area (Å²) in [6.07, 6.45) is 3.72. The summed E-state index contributed by atoms with van der Waals surface area (Å²) in [6, 6.07) is 8.11. The second-order valence-corrected chi connectivity index (χ2v) is 4.77. The smallest absolute Gasteiger partial charge is 0.123 e. The van der Waals surface area contributed by atoms with Gasteiger partial charge in [-0.3, -0.25) is 0 Å². The number of hydrogen-bond donors (Lipinski definition) is 1. The lowest BCUT2D eigenvalue weighted by atomic mass is 9.84. The van der Waals surface area contributed by atoms with Crippen LogP contribution < -0.4 is 4.74 Å². The molecule has 1 aliphatic heterocycles. The maximum atomic E-state index is 9.34. The zero-order valence-electron chi connectivity index (χ0n) is 9.65. The maximum absolute atomic E-state index is 9.34. The van der Waals surface area contributed by atoms with Crippen molar-refractivity contribution < 1.29 is 9.84 Å². The first-order chi connectivity index (χ1) is 7.67. The second-order valence-electron chi connectivity index (χ2n) is 4.77. The number of para-hydroxylation sites is 1. The molecule has 0 aliphatic carbocycles. The SMILES string of the molecule is C=CC(C)(CO)CC1Cc2ccccc2O1. The van der Waals surface area contributed by atoms with Crippen molar-refractivity contribution in [2.75, 3.05) is 6.61 Å². The lowest BCUT2D eigenvalue weighted by molar-refractivity contribution is 0.116. The Morgan fingerprint density at radius 3 is 2.94 bits per heavy atom. The van der Waals surface area contributed by atoms with Crippen LogP contribution >= 0.6 is 0 Å². The minimum atomic E-state index is -0.243. The molecule has 2 rings (SSSR count). The van der Waals surface area contributed by atoms with Gasteiger partial charge >= 0.3 is 0 Å². The largest absolute Gasteiger partial charge is 0.490 e. The summed E-state index contributed by atoms with van der Waals surface area (Å²) >= 11 is 0. The van der Waals surface area contributed by atoms with Gasteiger partial charge in [0.2, 0.25) is 0 Å². The van der Waals surface area contributed by atoms with Crippen molar-refractivity contribution in [3.05, 3.63) is 42.5 Å². The molecule has 2 nitrogen and oxygen atoms in total. The molecule has 86 valence electrons. The maximum Gasteiger partial charge on any atom is 0.123 e. The molecule has 2 heteroatoms. The number of hydrogen-bond acceptors (Lipinski definition) is 2. The topological polar surface area (TPSA) is 29.5 Å². The highest BCUT2D eigenvalue weighted by atomic mass is 16.5. The molecule has 0 bridgehead atoms. The average molecular weight is 218 g/mol. The van der Waals surface area contributed by atoms with E-state index < -0.39 is 0 Å². The number of aliphatic hydroxyl groups excluding tert-OH is 1. The molecule has 1 aromatic rings. The summed E-state index contributed by atoms with van der Waals surface area (Å²) in [5.74, 6) is 0.983. The Kier molecular flexibility index (Phi) is 3.01. The van der Waals surface area contributed by atoms with Crippen molar-refractivity contribution in [1.82, 2.24) is 0 Å². The number of fused-ring (bicyclic) bond motifs is 1. The normalized spacial score (nSPS) is 22.0. The number of rotatable bonds is 4. The van der Waals surface area contributed by atoms with E-state index in [-0.39, 0.29) is 18.1 Å². The molecule has 0 radical (unpaired) electrons. The van der Waals surface area contributed by atoms with Crippen molar-refractivity contribution in [2.24, 2.45) is 5.41 Å². The van der Waals surface area contributed by atoms with Crippen molar-refractivity contribution in [3.8, 4) is 5.75 Å². The predicted molar refractivity (Wildman–Crippen MR) is 64.6 cm³/mol. The minimum absolute atomic E-state index is 0.118. The van der Waals surface area contributed by atoms with Crippen LogP contribution in [0.15, 0.2) is 36.9 Å². The fourth-order valence-corrected chi connectivity index (χ4v) is 2.10. The third-order valence-corrected chi connectivity index (χ3v) is 3.26. The summed E-state index contributed by atoms with van der Waals surface area (Å²) in [4.78, 5) is 0. The van der Waals surface area contributed by atoms with Crippen molar-refractivity contribution in [3.63, 3.8) is 0 Å². The van der Waals surface area contributed by atoms with Crippen molar-refractivity contribution in [1.29, 1.82) is 0 Å². The van der Waals surface area contributed by atoms with E-state index >= 15 is 0 Å². The zero-order chi connectivity index (χ0) is 11.6. The molecule has 1 aromatic carbocycles. The summed E-state index contributed by atoms with van der Waals surface area (Å²) in [6.45, 7) is 5.90. The Labute approximate surface area is 96.6 Å². The van der Waals surface area contributed by atoms with Crippen LogP contribution in [-0.4, -0.2) is 17.8 Å². The molecule has 2 unspecified atom stereocenters. The van der Waals surface area contributed by atoms with Crippen molar-refractivity contribution >= 4 is 0 Å². The number of aliphatic hydroxyl groups is 1. The van der Waals surface area contributed by atoms with Crippen LogP contribution in [0.5, 0.6) is 5.75 Å². The predicted octanol–water partition coefficient (Wildman–Crippen LogP) is 2.56. The molecule has 0 amide bonds. The fourth-order valence-electron chi connectivity index (χ4n) is 2.10. The van der Waals surface area contributed by atoms with Crippen LogP contribution in [0.25, 0.3) is 0 Å². The van der Waals surface area contributed by atoms with Crippen LogP contribution in [0.2, 0.25) is 0 Å². The summed E-state index contributed by atoms with van der Waals surface area (Å²) in [5.41, 5.74) is 1.02. The average Bonchev–Trinajstić information content (AvgIpc) is 2.70. The Balaban J connectivity index is 2.04. The highest BCUT2D eigenvalue weighted by molar-refractivity contribution is 5.37.